The van der Waals surface area contributed by atoms with Gasteiger partial charge in [-0.2, -0.15) is 0 Å². The second-order valence-electron chi connectivity index (χ2n) is 5.27. The predicted molar refractivity (Wildman–Crippen MR) is 81.0 cm³/mol. The minimum absolute atomic E-state index is 0.0501. The molecule has 0 bridgehead atoms. The first kappa shape index (κ1) is 16.5. The molecular formula is C16H22N2O4. The van der Waals surface area contributed by atoms with E-state index in [1.165, 1.54) is 23.2 Å². The van der Waals surface area contributed by atoms with Crippen LogP contribution in [0.3, 0.4) is 0 Å². The van der Waals surface area contributed by atoms with Gasteiger partial charge in [0.15, 0.2) is 0 Å². The third-order valence-corrected chi connectivity index (χ3v) is 3.59. The molecule has 1 fully saturated rings. The van der Waals surface area contributed by atoms with E-state index in [4.69, 9.17) is 4.74 Å². The Morgan fingerprint density at radius 2 is 2.14 bits per heavy atom. The van der Waals surface area contributed by atoms with Crippen LogP contribution in [0.25, 0.3) is 0 Å². The lowest BCUT2D eigenvalue weighted by atomic mass is 10.1. The van der Waals surface area contributed by atoms with Gasteiger partial charge in [0.2, 0.25) is 0 Å². The quantitative estimate of drug-likeness (QED) is 0.789. The zero-order chi connectivity index (χ0) is 15.9. The topological polar surface area (TPSA) is 67.9 Å². The van der Waals surface area contributed by atoms with Gasteiger partial charge in [-0.3, -0.25) is 14.6 Å². The first-order valence-corrected chi connectivity index (χ1v) is 7.39. The molecule has 120 valence electrons. The number of esters is 1. The number of hydrogen-bond donors (Lipinski definition) is 1. The van der Waals surface area contributed by atoms with Crippen molar-refractivity contribution in [3.05, 3.63) is 35.4 Å². The van der Waals surface area contributed by atoms with Gasteiger partial charge >= 0.3 is 5.97 Å². The van der Waals surface area contributed by atoms with Crippen molar-refractivity contribution in [3.63, 3.8) is 0 Å². The van der Waals surface area contributed by atoms with Crippen LogP contribution in [0.5, 0.6) is 0 Å². The van der Waals surface area contributed by atoms with Gasteiger partial charge in [-0.25, -0.2) is 5.43 Å². The Morgan fingerprint density at radius 1 is 1.41 bits per heavy atom. The number of amides is 1. The minimum Gasteiger partial charge on any atom is -0.469 e. The molecule has 0 aliphatic carbocycles. The average molecular weight is 306 g/mol. The zero-order valence-corrected chi connectivity index (χ0v) is 13.0. The number of carbonyl (C=O) groups is 2. The van der Waals surface area contributed by atoms with Gasteiger partial charge < -0.3 is 9.47 Å². The summed E-state index contributed by atoms with van der Waals surface area (Å²) in [6.45, 7) is 3.59. The molecule has 1 saturated heterocycles. The largest absolute Gasteiger partial charge is 0.469 e. The summed E-state index contributed by atoms with van der Waals surface area (Å²) in [4.78, 5) is 23.5. The number of nitrogens with one attached hydrogen (secondary N) is 1. The van der Waals surface area contributed by atoms with Crippen LogP contribution < -0.4 is 5.43 Å². The summed E-state index contributed by atoms with van der Waals surface area (Å²) in [5.41, 5.74) is 5.55. The van der Waals surface area contributed by atoms with Crippen molar-refractivity contribution in [1.82, 2.24) is 10.4 Å². The van der Waals surface area contributed by atoms with Gasteiger partial charge in [0.25, 0.3) is 5.91 Å². The normalized spacial score (nSPS) is 18.4. The Kier molecular flexibility index (Phi) is 5.91. The molecular weight excluding hydrogens is 284 g/mol. The number of methoxy groups -OCH3 is 1. The van der Waals surface area contributed by atoms with Crippen molar-refractivity contribution in [2.45, 2.75) is 25.9 Å². The molecule has 1 N–H and O–H groups in total. The number of morpholine rings is 1. The van der Waals surface area contributed by atoms with Crippen LogP contribution in [0.2, 0.25) is 0 Å². The maximum atomic E-state index is 12.2. The van der Waals surface area contributed by atoms with Gasteiger partial charge in [-0.1, -0.05) is 29.8 Å². The van der Waals surface area contributed by atoms with Crippen molar-refractivity contribution in [1.29, 1.82) is 0 Å². The summed E-state index contributed by atoms with van der Waals surface area (Å²) in [7, 11) is 1.30. The third kappa shape index (κ3) is 4.54. The molecule has 1 heterocycles. The standard InChI is InChI=1S/C16H22N2O4/c1-12-3-5-13(6-4-12)7-8-17-18-9-10-22-14(16(18)20)11-15(19)21-2/h3-6,14,17H,7-11H2,1-2H3/t14-/m0/s1. The van der Waals surface area contributed by atoms with E-state index >= 15 is 0 Å². The smallest absolute Gasteiger partial charge is 0.308 e. The summed E-state index contributed by atoms with van der Waals surface area (Å²) in [6.07, 6.45) is 0.0194. The minimum atomic E-state index is -0.756. The lowest BCUT2D eigenvalue weighted by Gasteiger charge is -2.32. The molecule has 1 amide bonds. The maximum absolute atomic E-state index is 12.2. The number of hydrazine groups is 1. The number of aryl methyl sites for hydroxylation is 1. The SMILES string of the molecule is COC(=O)C[C@@H]1OCCN(NCCc2ccc(C)cc2)C1=O. The van der Waals surface area contributed by atoms with Crippen LogP contribution in [0, 0.1) is 6.92 Å². The molecule has 22 heavy (non-hydrogen) atoms. The Labute approximate surface area is 130 Å². The van der Waals surface area contributed by atoms with E-state index in [0.29, 0.717) is 19.7 Å². The fourth-order valence-corrected chi connectivity index (χ4v) is 2.27. The van der Waals surface area contributed by atoms with Crippen molar-refractivity contribution in [2.75, 3.05) is 26.8 Å². The first-order valence-electron chi connectivity index (χ1n) is 7.39. The van der Waals surface area contributed by atoms with E-state index in [1.54, 1.807) is 0 Å². The summed E-state index contributed by atoms with van der Waals surface area (Å²) < 4.78 is 9.91. The third-order valence-electron chi connectivity index (χ3n) is 3.59. The second-order valence-corrected chi connectivity index (χ2v) is 5.27. The fraction of sp³-hybridized carbons (Fsp3) is 0.500. The van der Waals surface area contributed by atoms with Gasteiger partial charge in [-0.05, 0) is 18.9 Å². The number of nitrogens with zero attached hydrogens (tertiary/aromatic N) is 1. The van der Waals surface area contributed by atoms with Crippen LogP contribution in [-0.2, 0) is 25.5 Å². The molecule has 0 radical (unpaired) electrons. The Morgan fingerprint density at radius 3 is 2.82 bits per heavy atom. The molecule has 6 nitrogen and oxygen atoms in total. The van der Waals surface area contributed by atoms with Crippen molar-refractivity contribution < 1.29 is 19.1 Å². The lowest BCUT2D eigenvalue weighted by Crippen LogP contribution is -2.54. The highest BCUT2D eigenvalue weighted by Crippen LogP contribution is 2.10. The molecule has 6 heteroatoms. The summed E-state index contributed by atoms with van der Waals surface area (Å²) in [5, 5.41) is 1.53. The lowest BCUT2D eigenvalue weighted by molar-refractivity contribution is -0.163. The van der Waals surface area contributed by atoms with Gasteiger partial charge in [0.1, 0.15) is 6.10 Å². The van der Waals surface area contributed by atoms with Crippen molar-refractivity contribution >= 4 is 11.9 Å². The summed E-state index contributed by atoms with van der Waals surface area (Å²) >= 11 is 0. The molecule has 0 spiro atoms. The monoisotopic (exact) mass is 306 g/mol. The van der Waals surface area contributed by atoms with E-state index < -0.39 is 12.1 Å². The highest BCUT2D eigenvalue weighted by molar-refractivity contribution is 5.85. The zero-order valence-electron chi connectivity index (χ0n) is 13.0. The molecule has 0 aromatic heterocycles. The molecule has 1 aromatic rings. The molecule has 0 unspecified atom stereocenters. The maximum Gasteiger partial charge on any atom is 0.308 e. The molecule has 1 aromatic carbocycles. The molecule has 2 rings (SSSR count). The van der Waals surface area contributed by atoms with E-state index in [1.807, 2.05) is 0 Å². The summed E-state index contributed by atoms with van der Waals surface area (Å²) in [5.74, 6) is -0.666. The van der Waals surface area contributed by atoms with Crippen LogP contribution in [0.1, 0.15) is 17.5 Å². The molecule has 1 aliphatic rings. The van der Waals surface area contributed by atoms with E-state index in [2.05, 4.69) is 41.4 Å². The average Bonchev–Trinajstić information content (AvgIpc) is 2.52. The van der Waals surface area contributed by atoms with Gasteiger partial charge in [0.05, 0.1) is 26.7 Å². The summed E-state index contributed by atoms with van der Waals surface area (Å²) in [6, 6.07) is 8.31. The Hall–Kier alpha value is -1.92. The second kappa shape index (κ2) is 7.91. The predicted octanol–water partition coefficient (Wildman–Crippen LogP) is 0.833. The van der Waals surface area contributed by atoms with Crippen LogP contribution in [0.4, 0.5) is 0 Å². The van der Waals surface area contributed by atoms with Crippen molar-refractivity contribution in [3.8, 4) is 0 Å². The fourth-order valence-electron chi connectivity index (χ4n) is 2.27. The van der Waals surface area contributed by atoms with Gasteiger partial charge in [0, 0.05) is 6.54 Å². The Bertz CT molecular complexity index is 515. The van der Waals surface area contributed by atoms with Crippen LogP contribution >= 0.6 is 0 Å². The van der Waals surface area contributed by atoms with Crippen LogP contribution in [0.15, 0.2) is 24.3 Å². The van der Waals surface area contributed by atoms with Crippen LogP contribution in [-0.4, -0.2) is 49.8 Å². The molecule has 1 aliphatic heterocycles. The number of carbonyl (C=O) groups excluding carboxylic acids is 2. The highest BCUT2D eigenvalue weighted by atomic mass is 16.5. The van der Waals surface area contributed by atoms with E-state index in [0.717, 1.165) is 6.42 Å². The first-order chi connectivity index (χ1) is 10.6. The Balaban J connectivity index is 1.80. The highest BCUT2D eigenvalue weighted by Gasteiger charge is 2.31. The van der Waals surface area contributed by atoms with Crippen molar-refractivity contribution in [2.24, 2.45) is 0 Å². The number of rotatable bonds is 6. The number of ether oxygens (including phenoxy) is 2. The molecule has 1 atom stereocenters. The number of benzene rings is 1. The van der Waals surface area contributed by atoms with Gasteiger partial charge in [-0.15, -0.1) is 0 Å². The number of hydrogen-bond acceptors (Lipinski definition) is 5. The molecule has 0 saturated carbocycles. The van der Waals surface area contributed by atoms with E-state index in [9.17, 15) is 9.59 Å². The van der Waals surface area contributed by atoms with E-state index in [-0.39, 0.29) is 12.3 Å².